The van der Waals surface area contributed by atoms with Crippen molar-refractivity contribution in [3.05, 3.63) is 60.2 Å². The summed E-state index contributed by atoms with van der Waals surface area (Å²) in [7, 11) is 0. The van der Waals surface area contributed by atoms with Crippen LogP contribution in [0.2, 0.25) is 0 Å². The van der Waals surface area contributed by atoms with Gasteiger partial charge in [-0.05, 0) is 16.7 Å². The zero-order valence-electron chi connectivity index (χ0n) is 11.3. The van der Waals surface area contributed by atoms with Crippen LogP contribution in [0, 0.1) is 5.92 Å². The van der Waals surface area contributed by atoms with Crippen molar-refractivity contribution < 1.29 is 4.84 Å². The molecule has 0 N–H and O–H groups in total. The van der Waals surface area contributed by atoms with E-state index in [1.165, 1.54) is 11.1 Å². The summed E-state index contributed by atoms with van der Waals surface area (Å²) in [6.07, 6.45) is 2.86. The molecule has 0 aliphatic carbocycles. The molecule has 0 saturated heterocycles. The lowest BCUT2D eigenvalue weighted by atomic mass is 10.0. The van der Waals surface area contributed by atoms with Crippen molar-refractivity contribution in [3.63, 3.8) is 0 Å². The van der Waals surface area contributed by atoms with Gasteiger partial charge in [-0.15, -0.1) is 0 Å². The van der Waals surface area contributed by atoms with Gasteiger partial charge in [0.15, 0.2) is 0 Å². The van der Waals surface area contributed by atoms with E-state index in [4.69, 9.17) is 4.84 Å². The molecule has 0 bridgehead atoms. The molecule has 2 heteroatoms. The Bertz CT molecular complexity index is 515. The number of nitrogens with zero attached hydrogens (tertiary/aromatic N) is 1. The average molecular weight is 252 g/mol. The topological polar surface area (TPSA) is 21.6 Å². The predicted octanol–water partition coefficient (Wildman–Crippen LogP) is 4.39. The molecule has 0 saturated carbocycles. The Labute approximate surface area is 114 Å². The Balaban J connectivity index is 1.95. The lowest BCUT2D eigenvalue weighted by molar-refractivity contribution is 0.131. The van der Waals surface area contributed by atoms with Crippen LogP contribution in [0.15, 0.2) is 59.8 Å². The van der Waals surface area contributed by atoms with Gasteiger partial charge in [-0.3, -0.25) is 0 Å². The Morgan fingerprint density at radius 3 is 2.21 bits per heavy atom. The molecule has 2 aromatic carbocycles. The summed E-state index contributed by atoms with van der Waals surface area (Å²) in [5.74, 6) is 0.292. The molecule has 0 unspecified atom stereocenters. The van der Waals surface area contributed by atoms with Crippen molar-refractivity contribution in [2.45, 2.75) is 20.5 Å². The summed E-state index contributed by atoms with van der Waals surface area (Å²) in [6, 6.07) is 18.6. The van der Waals surface area contributed by atoms with Crippen LogP contribution in [0.3, 0.4) is 0 Å². The third-order valence-corrected chi connectivity index (χ3v) is 2.67. The monoisotopic (exact) mass is 252 g/mol. The van der Waals surface area contributed by atoms with E-state index in [0.717, 1.165) is 5.56 Å². The first-order valence-corrected chi connectivity index (χ1v) is 6.47. The first kappa shape index (κ1) is 13.3. The fourth-order valence-electron chi connectivity index (χ4n) is 1.67. The van der Waals surface area contributed by atoms with E-state index >= 15 is 0 Å². The van der Waals surface area contributed by atoms with E-state index < -0.39 is 0 Å². The molecule has 0 aliphatic rings. The van der Waals surface area contributed by atoms with Gasteiger partial charge in [0.05, 0.1) is 0 Å². The van der Waals surface area contributed by atoms with E-state index in [2.05, 4.69) is 47.8 Å². The van der Waals surface area contributed by atoms with Gasteiger partial charge in [0.1, 0.15) is 12.8 Å². The first-order chi connectivity index (χ1) is 9.25. The highest BCUT2D eigenvalue weighted by Gasteiger charge is 1.97. The van der Waals surface area contributed by atoms with Gasteiger partial charge in [0, 0.05) is 5.92 Å². The molecule has 2 nitrogen and oxygen atoms in total. The highest BCUT2D eigenvalue weighted by atomic mass is 16.6. The molecule has 97 valence electrons. The fourth-order valence-corrected chi connectivity index (χ4v) is 1.67. The average Bonchev–Trinajstić information content (AvgIpc) is 2.45. The molecule has 2 rings (SSSR count). The lowest BCUT2D eigenvalue weighted by Gasteiger charge is -2.04. The van der Waals surface area contributed by atoms with E-state index in [9.17, 15) is 0 Å². The maximum Gasteiger partial charge on any atom is 0.142 e. The molecule has 0 amide bonds. The van der Waals surface area contributed by atoms with Gasteiger partial charge in [-0.25, -0.2) is 0 Å². The minimum atomic E-state index is 0.292. The van der Waals surface area contributed by atoms with Crippen molar-refractivity contribution in [2.24, 2.45) is 11.1 Å². The second-order valence-corrected chi connectivity index (χ2v) is 4.71. The van der Waals surface area contributed by atoms with Gasteiger partial charge in [-0.2, -0.15) is 0 Å². The van der Waals surface area contributed by atoms with E-state index in [1.807, 2.05) is 32.0 Å². The molecule has 2 aromatic rings. The summed E-state index contributed by atoms with van der Waals surface area (Å²) >= 11 is 0. The Morgan fingerprint density at radius 1 is 0.947 bits per heavy atom. The van der Waals surface area contributed by atoms with Crippen LogP contribution in [-0.4, -0.2) is 6.21 Å². The molecule has 0 atom stereocenters. The van der Waals surface area contributed by atoms with Crippen LogP contribution >= 0.6 is 0 Å². The lowest BCUT2D eigenvalue weighted by Crippen LogP contribution is -1.91. The summed E-state index contributed by atoms with van der Waals surface area (Å²) < 4.78 is 0. The maximum absolute atomic E-state index is 5.19. The van der Waals surface area contributed by atoms with Crippen molar-refractivity contribution >= 4 is 6.21 Å². The summed E-state index contributed by atoms with van der Waals surface area (Å²) in [6.45, 7) is 4.51. The van der Waals surface area contributed by atoms with E-state index in [1.54, 1.807) is 0 Å². The van der Waals surface area contributed by atoms with Crippen LogP contribution in [0.25, 0.3) is 11.1 Å². The minimum absolute atomic E-state index is 0.292. The molecular formula is C17H18NO. The zero-order chi connectivity index (χ0) is 13.5. The van der Waals surface area contributed by atoms with Crippen LogP contribution in [-0.2, 0) is 11.4 Å². The molecule has 0 spiro atoms. The number of benzene rings is 2. The van der Waals surface area contributed by atoms with Crippen molar-refractivity contribution in [2.75, 3.05) is 0 Å². The molecule has 1 radical (unpaired) electrons. The zero-order valence-corrected chi connectivity index (χ0v) is 11.3. The van der Waals surface area contributed by atoms with Gasteiger partial charge in [0.25, 0.3) is 0 Å². The van der Waals surface area contributed by atoms with Crippen molar-refractivity contribution in [3.8, 4) is 11.1 Å². The van der Waals surface area contributed by atoms with E-state index in [-0.39, 0.29) is 0 Å². The first-order valence-electron chi connectivity index (χ1n) is 6.47. The van der Waals surface area contributed by atoms with Crippen LogP contribution in [0.1, 0.15) is 19.4 Å². The quantitative estimate of drug-likeness (QED) is 0.571. The molecule has 0 aromatic heterocycles. The smallest absolute Gasteiger partial charge is 0.142 e. The molecule has 0 heterocycles. The summed E-state index contributed by atoms with van der Waals surface area (Å²) in [5.41, 5.74) is 3.54. The second kappa shape index (κ2) is 6.74. The SMILES string of the molecule is CC(C)/[C]=N\OCc1ccc(-c2ccccc2)cc1. The number of rotatable bonds is 5. The number of hydrogen-bond donors (Lipinski definition) is 0. The van der Waals surface area contributed by atoms with Crippen LogP contribution < -0.4 is 0 Å². The molecule has 0 fully saturated rings. The highest BCUT2D eigenvalue weighted by Crippen LogP contribution is 2.19. The van der Waals surface area contributed by atoms with Crippen LogP contribution in [0.4, 0.5) is 0 Å². The van der Waals surface area contributed by atoms with Gasteiger partial charge in [0.2, 0.25) is 0 Å². The van der Waals surface area contributed by atoms with Gasteiger partial charge >= 0.3 is 0 Å². The Hall–Kier alpha value is -2.09. The fraction of sp³-hybridized carbons (Fsp3) is 0.235. The largest absolute Gasteiger partial charge is 0.391 e. The standard InChI is InChI=1S/C17H18NO/c1-14(2)12-18-19-13-15-8-10-17(11-9-15)16-6-4-3-5-7-16/h3-11,14H,13H2,1-2H3. The summed E-state index contributed by atoms with van der Waals surface area (Å²) in [5, 5.41) is 3.80. The van der Waals surface area contributed by atoms with Gasteiger partial charge < -0.3 is 4.84 Å². The Morgan fingerprint density at radius 2 is 1.58 bits per heavy atom. The minimum Gasteiger partial charge on any atom is -0.391 e. The normalized spacial score (nSPS) is 11.1. The third kappa shape index (κ3) is 4.25. The Kier molecular flexibility index (Phi) is 4.73. The molecular weight excluding hydrogens is 234 g/mol. The predicted molar refractivity (Wildman–Crippen MR) is 78.9 cm³/mol. The van der Waals surface area contributed by atoms with Crippen LogP contribution in [0.5, 0.6) is 0 Å². The van der Waals surface area contributed by atoms with Crippen molar-refractivity contribution in [1.82, 2.24) is 0 Å². The molecule has 19 heavy (non-hydrogen) atoms. The van der Waals surface area contributed by atoms with Crippen molar-refractivity contribution in [1.29, 1.82) is 0 Å². The summed E-state index contributed by atoms with van der Waals surface area (Å²) in [4.78, 5) is 5.19. The second-order valence-electron chi connectivity index (χ2n) is 4.71. The highest BCUT2D eigenvalue weighted by molar-refractivity contribution is 5.63. The maximum atomic E-state index is 5.19. The number of hydrogen-bond acceptors (Lipinski definition) is 2. The molecule has 0 aliphatic heterocycles. The van der Waals surface area contributed by atoms with E-state index in [0.29, 0.717) is 12.5 Å². The van der Waals surface area contributed by atoms with Gasteiger partial charge in [-0.1, -0.05) is 73.6 Å². The third-order valence-electron chi connectivity index (χ3n) is 2.67.